The minimum Gasteiger partial charge on any atom is -0.341 e. The quantitative estimate of drug-likeness (QED) is 0.323. The van der Waals surface area contributed by atoms with Crippen LogP contribution in [0.3, 0.4) is 0 Å². The highest BCUT2D eigenvalue weighted by Crippen LogP contribution is 2.31. The molecule has 0 bridgehead atoms. The Balaban J connectivity index is 1.53. The smallest absolute Gasteiger partial charge is 0.124 e. The molecule has 0 radical (unpaired) electrons. The predicted molar refractivity (Wildman–Crippen MR) is 139 cm³/mol. The first-order valence-corrected chi connectivity index (χ1v) is 11.4. The van der Waals surface area contributed by atoms with E-state index >= 15 is 0 Å². The summed E-state index contributed by atoms with van der Waals surface area (Å²) in [5, 5.41) is 0. The number of rotatable bonds is 2. The average molecular weight is 453 g/mol. The normalized spacial score (nSPS) is 13.8. The molecule has 6 nitrogen and oxygen atoms in total. The molecule has 4 aromatic rings. The van der Waals surface area contributed by atoms with E-state index in [2.05, 4.69) is 85.2 Å². The molecule has 0 amide bonds. The first-order valence-electron chi connectivity index (χ1n) is 11.4. The second-order valence-corrected chi connectivity index (χ2v) is 10.9. The maximum atomic E-state index is 6.34. The lowest BCUT2D eigenvalue weighted by atomic mass is 9.87. The van der Waals surface area contributed by atoms with Crippen molar-refractivity contribution in [3.8, 4) is 23.7 Å². The highest BCUT2D eigenvalue weighted by Gasteiger charge is 2.26. The molecule has 0 aliphatic rings. The Kier molecular flexibility index (Phi) is 6.00. The van der Waals surface area contributed by atoms with Crippen LogP contribution >= 0.6 is 0 Å². The number of aromatic amines is 2. The van der Waals surface area contributed by atoms with Gasteiger partial charge in [0.2, 0.25) is 0 Å². The van der Waals surface area contributed by atoms with Crippen LogP contribution in [0.5, 0.6) is 0 Å². The van der Waals surface area contributed by atoms with Crippen LogP contribution in [-0.4, -0.2) is 19.9 Å². The molecule has 0 saturated carbocycles. The molecule has 174 valence electrons. The number of nitrogens with two attached hydrogens (primary N) is 2. The fraction of sp³-hybridized carbons (Fsp3) is 0.357. The SMILES string of the molecule is CC(C)(C)[C@H](N)c1nc2ccc(C#CC#Cc3ccc4nc([C@@H](N)C(C)(C)C)[nH]c4c3)cc2[nH]1. The Hall–Kier alpha value is -3.58. The Morgan fingerprint density at radius 2 is 1.06 bits per heavy atom. The van der Waals surface area contributed by atoms with Gasteiger partial charge in [0.1, 0.15) is 11.6 Å². The number of benzene rings is 2. The summed E-state index contributed by atoms with van der Waals surface area (Å²) in [5.74, 6) is 13.7. The van der Waals surface area contributed by atoms with Crippen molar-refractivity contribution in [1.82, 2.24) is 19.9 Å². The number of hydrogen-bond donors (Lipinski definition) is 4. The largest absolute Gasteiger partial charge is 0.341 e. The van der Waals surface area contributed by atoms with Crippen molar-refractivity contribution in [2.24, 2.45) is 22.3 Å². The monoisotopic (exact) mass is 452 g/mol. The summed E-state index contributed by atoms with van der Waals surface area (Å²) < 4.78 is 0. The van der Waals surface area contributed by atoms with Gasteiger partial charge in [-0.3, -0.25) is 0 Å². The van der Waals surface area contributed by atoms with Gasteiger partial charge in [-0.15, -0.1) is 0 Å². The van der Waals surface area contributed by atoms with Gasteiger partial charge in [0.25, 0.3) is 0 Å². The van der Waals surface area contributed by atoms with Gasteiger partial charge in [-0.25, -0.2) is 9.97 Å². The summed E-state index contributed by atoms with van der Waals surface area (Å²) in [4.78, 5) is 15.9. The second-order valence-electron chi connectivity index (χ2n) is 10.9. The minimum atomic E-state index is -0.173. The van der Waals surface area contributed by atoms with E-state index in [0.717, 1.165) is 44.8 Å². The average Bonchev–Trinajstić information content (AvgIpc) is 3.37. The maximum absolute atomic E-state index is 6.34. The van der Waals surface area contributed by atoms with Crippen LogP contribution in [-0.2, 0) is 0 Å². The molecular formula is C28H32N6. The summed E-state index contributed by atoms with van der Waals surface area (Å²) in [6.45, 7) is 12.6. The molecule has 6 N–H and O–H groups in total. The zero-order chi connectivity index (χ0) is 24.7. The summed E-state index contributed by atoms with van der Waals surface area (Å²) in [5.41, 5.74) is 17.9. The molecule has 2 heterocycles. The molecule has 0 aliphatic carbocycles. The fourth-order valence-corrected chi connectivity index (χ4v) is 3.54. The number of hydrogen-bond acceptors (Lipinski definition) is 4. The second kappa shape index (κ2) is 8.65. The molecule has 0 unspecified atom stereocenters. The molecule has 2 aromatic heterocycles. The number of H-pyrrole nitrogens is 2. The molecule has 4 rings (SSSR count). The Morgan fingerprint density at radius 1 is 0.676 bits per heavy atom. The van der Waals surface area contributed by atoms with E-state index in [4.69, 9.17) is 11.5 Å². The van der Waals surface area contributed by atoms with E-state index < -0.39 is 0 Å². The first kappa shape index (κ1) is 23.6. The van der Waals surface area contributed by atoms with Gasteiger partial charge in [0.05, 0.1) is 34.2 Å². The number of nitrogens with zero attached hydrogens (tertiary/aromatic N) is 2. The minimum absolute atomic E-state index is 0.0779. The third-order valence-corrected chi connectivity index (χ3v) is 5.93. The third-order valence-electron chi connectivity index (χ3n) is 5.93. The van der Waals surface area contributed by atoms with Crippen molar-refractivity contribution < 1.29 is 0 Å². The lowest BCUT2D eigenvalue weighted by Crippen LogP contribution is -2.27. The lowest BCUT2D eigenvalue weighted by Gasteiger charge is -2.24. The van der Waals surface area contributed by atoms with Crippen molar-refractivity contribution in [3.63, 3.8) is 0 Å². The number of aromatic nitrogens is 4. The molecule has 0 aliphatic heterocycles. The zero-order valence-electron chi connectivity index (χ0n) is 20.7. The van der Waals surface area contributed by atoms with Crippen molar-refractivity contribution in [2.45, 2.75) is 53.6 Å². The van der Waals surface area contributed by atoms with Gasteiger partial charge in [-0.1, -0.05) is 53.4 Å². The predicted octanol–water partition coefficient (Wildman–Crippen LogP) is 4.93. The molecule has 0 spiro atoms. The summed E-state index contributed by atoms with van der Waals surface area (Å²) in [7, 11) is 0. The van der Waals surface area contributed by atoms with E-state index in [1.165, 1.54) is 0 Å². The summed E-state index contributed by atoms with van der Waals surface area (Å²) in [6.07, 6.45) is 0. The van der Waals surface area contributed by atoms with Crippen LogP contribution < -0.4 is 11.5 Å². The van der Waals surface area contributed by atoms with Gasteiger partial charge in [0, 0.05) is 11.1 Å². The van der Waals surface area contributed by atoms with E-state index in [-0.39, 0.29) is 22.9 Å². The topological polar surface area (TPSA) is 109 Å². The van der Waals surface area contributed by atoms with Gasteiger partial charge >= 0.3 is 0 Å². The van der Waals surface area contributed by atoms with Crippen LogP contribution in [0.15, 0.2) is 36.4 Å². The van der Waals surface area contributed by atoms with E-state index in [1.807, 2.05) is 36.4 Å². The van der Waals surface area contributed by atoms with Crippen LogP contribution in [0.4, 0.5) is 0 Å². The van der Waals surface area contributed by atoms with Crippen molar-refractivity contribution in [2.75, 3.05) is 0 Å². The van der Waals surface area contributed by atoms with Crippen LogP contribution in [0.2, 0.25) is 0 Å². The van der Waals surface area contributed by atoms with Crippen molar-refractivity contribution in [1.29, 1.82) is 0 Å². The maximum Gasteiger partial charge on any atom is 0.124 e. The number of nitrogens with one attached hydrogen (secondary N) is 2. The molecule has 6 heteroatoms. The lowest BCUT2D eigenvalue weighted by molar-refractivity contribution is 0.317. The molecular weight excluding hydrogens is 420 g/mol. The summed E-state index contributed by atoms with van der Waals surface area (Å²) >= 11 is 0. The van der Waals surface area contributed by atoms with E-state index in [9.17, 15) is 0 Å². The van der Waals surface area contributed by atoms with Crippen molar-refractivity contribution in [3.05, 3.63) is 59.2 Å². The van der Waals surface area contributed by atoms with E-state index in [1.54, 1.807) is 0 Å². The standard InChI is InChI=1S/C28H32N6/c1-27(2,3)23(29)25-31-19-13-11-17(15-21(19)33-25)9-7-8-10-18-12-14-20-22(16-18)34-26(32-20)24(30)28(4,5)6/h11-16,23-24H,29-30H2,1-6H3,(H,31,33)(H,32,34)/t23-,24-/m1/s1. The molecule has 2 atom stereocenters. The van der Waals surface area contributed by atoms with Crippen LogP contribution in [0.1, 0.15) is 76.4 Å². The molecule has 2 aromatic carbocycles. The Morgan fingerprint density at radius 3 is 1.41 bits per heavy atom. The first-order chi connectivity index (χ1) is 15.9. The number of fused-ring (bicyclic) bond motifs is 2. The molecule has 0 saturated heterocycles. The molecule has 34 heavy (non-hydrogen) atoms. The zero-order valence-corrected chi connectivity index (χ0v) is 20.7. The Labute approximate surface area is 200 Å². The van der Waals surface area contributed by atoms with Gasteiger partial charge in [-0.2, -0.15) is 0 Å². The fourth-order valence-electron chi connectivity index (χ4n) is 3.54. The van der Waals surface area contributed by atoms with Gasteiger partial charge < -0.3 is 21.4 Å². The van der Waals surface area contributed by atoms with Crippen LogP contribution in [0.25, 0.3) is 22.1 Å². The van der Waals surface area contributed by atoms with E-state index in [0.29, 0.717) is 0 Å². The molecule has 0 fully saturated rings. The van der Waals surface area contributed by atoms with Gasteiger partial charge in [-0.05, 0) is 59.1 Å². The highest BCUT2D eigenvalue weighted by atomic mass is 15.0. The van der Waals surface area contributed by atoms with Crippen molar-refractivity contribution >= 4 is 22.1 Å². The highest BCUT2D eigenvalue weighted by molar-refractivity contribution is 5.78. The van der Waals surface area contributed by atoms with Gasteiger partial charge in [0.15, 0.2) is 0 Å². The third kappa shape index (κ3) is 4.99. The van der Waals surface area contributed by atoms with Crippen LogP contribution in [0, 0.1) is 34.5 Å². The summed E-state index contributed by atoms with van der Waals surface area (Å²) in [6, 6.07) is 11.4. The number of imidazole rings is 2. The Bertz CT molecular complexity index is 1350.